The molecule has 22 heavy (non-hydrogen) atoms. The van der Waals surface area contributed by atoms with E-state index in [0.717, 1.165) is 31.5 Å². The molecule has 0 saturated carbocycles. The molecule has 1 atom stereocenters. The summed E-state index contributed by atoms with van der Waals surface area (Å²) in [7, 11) is 7.62. The smallest absolute Gasteiger partial charge is 0.325 e. The SMILES string of the molecule is CC(CCCCc1nc2c(c(=O)[nH]c(=O)n2C)n1C)N(C)C. The molecule has 0 aliphatic heterocycles. The van der Waals surface area contributed by atoms with Gasteiger partial charge in [0.05, 0.1) is 0 Å². The summed E-state index contributed by atoms with van der Waals surface area (Å²) >= 11 is 0. The van der Waals surface area contributed by atoms with Crippen LogP contribution in [0.5, 0.6) is 0 Å². The molecular formula is C15H25N5O2. The number of nitrogens with one attached hydrogen (secondary N) is 1. The molecule has 2 aromatic heterocycles. The molecule has 122 valence electrons. The lowest BCUT2D eigenvalue weighted by atomic mass is 10.1. The topological polar surface area (TPSA) is 75.9 Å². The van der Waals surface area contributed by atoms with Gasteiger partial charge in [0.2, 0.25) is 0 Å². The summed E-state index contributed by atoms with van der Waals surface area (Å²) in [6.45, 7) is 2.21. The summed E-state index contributed by atoms with van der Waals surface area (Å²) in [4.78, 5) is 32.6. The molecule has 2 heterocycles. The molecule has 2 rings (SSSR count). The first-order valence-electron chi connectivity index (χ1n) is 7.64. The first kappa shape index (κ1) is 16.5. The van der Waals surface area contributed by atoms with Crippen molar-refractivity contribution >= 4 is 11.2 Å². The van der Waals surface area contributed by atoms with Crippen LogP contribution in [0.4, 0.5) is 0 Å². The van der Waals surface area contributed by atoms with Crippen LogP contribution in [0.2, 0.25) is 0 Å². The zero-order valence-electron chi connectivity index (χ0n) is 14.0. The van der Waals surface area contributed by atoms with Crippen molar-refractivity contribution in [2.75, 3.05) is 14.1 Å². The van der Waals surface area contributed by atoms with Crippen LogP contribution in [0.3, 0.4) is 0 Å². The first-order valence-corrected chi connectivity index (χ1v) is 7.64. The maximum absolute atomic E-state index is 11.9. The van der Waals surface area contributed by atoms with Crippen molar-refractivity contribution in [2.45, 2.75) is 38.6 Å². The highest BCUT2D eigenvalue weighted by Crippen LogP contribution is 2.13. The number of imidazole rings is 1. The van der Waals surface area contributed by atoms with Gasteiger partial charge in [0.15, 0.2) is 11.2 Å². The number of aromatic amines is 1. The van der Waals surface area contributed by atoms with Gasteiger partial charge in [-0.2, -0.15) is 0 Å². The Bertz CT molecular complexity index is 769. The van der Waals surface area contributed by atoms with Crippen LogP contribution in [0.25, 0.3) is 11.2 Å². The van der Waals surface area contributed by atoms with Crippen LogP contribution in [-0.4, -0.2) is 44.1 Å². The van der Waals surface area contributed by atoms with E-state index in [1.165, 1.54) is 4.57 Å². The van der Waals surface area contributed by atoms with E-state index in [1.807, 2.05) is 7.05 Å². The Hall–Kier alpha value is -1.89. The molecule has 0 aliphatic carbocycles. The molecule has 1 unspecified atom stereocenters. The molecule has 0 spiro atoms. The van der Waals surface area contributed by atoms with Gasteiger partial charge in [0, 0.05) is 26.6 Å². The zero-order chi connectivity index (χ0) is 16.4. The van der Waals surface area contributed by atoms with Crippen molar-refractivity contribution in [3.8, 4) is 0 Å². The predicted molar refractivity (Wildman–Crippen MR) is 87.3 cm³/mol. The van der Waals surface area contributed by atoms with E-state index in [-0.39, 0.29) is 5.56 Å². The Morgan fingerprint density at radius 2 is 1.86 bits per heavy atom. The van der Waals surface area contributed by atoms with Crippen molar-refractivity contribution in [1.29, 1.82) is 0 Å². The standard InChI is InChI=1S/C15H25N5O2/c1-10(18(2)3)8-6-7-9-11-16-13-12(19(11)4)14(21)17-15(22)20(13)5/h10H,6-9H2,1-5H3,(H,17,21,22). The van der Waals surface area contributed by atoms with Gasteiger partial charge in [-0.25, -0.2) is 9.78 Å². The van der Waals surface area contributed by atoms with Crippen molar-refractivity contribution in [1.82, 2.24) is 24.0 Å². The molecule has 1 N–H and O–H groups in total. The fourth-order valence-corrected chi connectivity index (χ4v) is 2.56. The summed E-state index contributed by atoms with van der Waals surface area (Å²) in [5.41, 5.74) is 0.106. The molecular weight excluding hydrogens is 282 g/mol. The summed E-state index contributed by atoms with van der Waals surface area (Å²) in [5, 5.41) is 0. The van der Waals surface area contributed by atoms with E-state index in [4.69, 9.17) is 0 Å². The maximum Gasteiger partial charge on any atom is 0.329 e. The number of nitrogens with zero attached hydrogens (tertiary/aromatic N) is 4. The minimum atomic E-state index is -0.429. The second kappa shape index (κ2) is 6.48. The van der Waals surface area contributed by atoms with Crippen molar-refractivity contribution in [2.24, 2.45) is 14.1 Å². The van der Waals surface area contributed by atoms with Crippen LogP contribution in [-0.2, 0) is 20.5 Å². The number of H-pyrrole nitrogens is 1. The van der Waals surface area contributed by atoms with E-state index in [2.05, 4.69) is 35.9 Å². The monoisotopic (exact) mass is 307 g/mol. The number of aryl methyl sites for hydroxylation is 3. The lowest BCUT2D eigenvalue weighted by Crippen LogP contribution is -2.29. The normalized spacial score (nSPS) is 13.2. The molecule has 0 bridgehead atoms. The van der Waals surface area contributed by atoms with Crippen LogP contribution in [0.1, 0.15) is 32.0 Å². The number of fused-ring (bicyclic) bond motifs is 1. The van der Waals surface area contributed by atoms with Crippen molar-refractivity contribution in [3.63, 3.8) is 0 Å². The second-order valence-electron chi connectivity index (χ2n) is 6.14. The fourth-order valence-electron chi connectivity index (χ4n) is 2.56. The van der Waals surface area contributed by atoms with Crippen LogP contribution in [0.15, 0.2) is 9.59 Å². The average molecular weight is 307 g/mol. The van der Waals surface area contributed by atoms with Gasteiger partial charge < -0.3 is 9.47 Å². The van der Waals surface area contributed by atoms with Crippen molar-refractivity contribution in [3.05, 3.63) is 26.7 Å². The highest BCUT2D eigenvalue weighted by Gasteiger charge is 2.14. The van der Waals surface area contributed by atoms with Gasteiger partial charge in [-0.3, -0.25) is 14.3 Å². The van der Waals surface area contributed by atoms with Gasteiger partial charge >= 0.3 is 5.69 Å². The van der Waals surface area contributed by atoms with Gasteiger partial charge in [-0.05, 0) is 33.9 Å². The predicted octanol–water partition coefficient (Wildman–Crippen LogP) is 0.623. The number of rotatable bonds is 6. The number of unbranched alkanes of at least 4 members (excludes halogenated alkanes) is 1. The Morgan fingerprint density at radius 1 is 1.18 bits per heavy atom. The Labute approximate surface area is 129 Å². The van der Waals surface area contributed by atoms with Crippen LogP contribution >= 0.6 is 0 Å². The molecule has 0 fully saturated rings. The van der Waals surface area contributed by atoms with Crippen LogP contribution in [0, 0.1) is 0 Å². The summed E-state index contributed by atoms with van der Waals surface area (Å²) in [6, 6.07) is 0.559. The third-order valence-electron chi connectivity index (χ3n) is 4.38. The molecule has 0 saturated heterocycles. The van der Waals surface area contributed by atoms with E-state index < -0.39 is 5.69 Å². The molecule has 2 aromatic rings. The van der Waals surface area contributed by atoms with E-state index >= 15 is 0 Å². The Morgan fingerprint density at radius 3 is 2.50 bits per heavy atom. The Kier molecular flexibility index (Phi) is 4.85. The quantitative estimate of drug-likeness (QED) is 0.794. The molecule has 7 heteroatoms. The number of hydrogen-bond donors (Lipinski definition) is 1. The summed E-state index contributed by atoms with van der Waals surface area (Å²) < 4.78 is 3.18. The van der Waals surface area contributed by atoms with E-state index in [1.54, 1.807) is 11.6 Å². The van der Waals surface area contributed by atoms with E-state index in [0.29, 0.717) is 17.2 Å². The lowest BCUT2D eigenvalue weighted by Gasteiger charge is -2.19. The average Bonchev–Trinajstić information content (AvgIpc) is 2.78. The second-order valence-corrected chi connectivity index (χ2v) is 6.14. The minimum absolute atomic E-state index is 0.374. The van der Waals surface area contributed by atoms with E-state index in [9.17, 15) is 9.59 Å². The first-order chi connectivity index (χ1) is 10.3. The van der Waals surface area contributed by atoms with Gasteiger partial charge in [0.1, 0.15) is 5.82 Å². The fraction of sp³-hybridized carbons (Fsp3) is 0.667. The van der Waals surface area contributed by atoms with Crippen molar-refractivity contribution < 1.29 is 0 Å². The number of hydrogen-bond acceptors (Lipinski definition) is 4. The summed E-state index contributed by atoms with van der Waals surface area (Å²) in [5.74, 6) is 0.846. The third-order valence-corrected chi connectivity index (χ3v) is 4.38. The van der Waals surface area contributed by atoms with Gasteiger partial charge in [0.25, 0.3) is 5.56 Å². The molecule has 7 nitrogen and oxygen atoms in total. The Balaban J connectivity index is 2.15. The molecule has 0 radical (unpaired) electrons. The highest BCUT2D eigenvalue weighted by molar-refractivity contribution is 5.70. The zero-order valence-corrected chi connectivity index (χ0v) is 14.0. The van der Waals surface area contributed by atoms with Crippen LogP contribution < -0.4 is 11.2 Å². The molecule has 0 aliphatic rings. The minimum Gasteiger partial charge on any atom is -0.325 e. The maximum atomic E-state index is 11.9. The lowest BCUT2D eigenvalue weighted by molar-refractivity contribution is 0.292. The number of aromatic nitrogens is 4. The third kappa shape index (κ3) is 3.14. The van der Waals surface area contributed by atoms with Gasteiger partial charge in [-0.15, -0.1) is 0 Å². The molecule has 0 aromatic carbocycles. The largest absolute Gasteiger partial charge is 0.329 e. The van der Waals surface area contributed by atoms with Gasteiger partial charge in [-0.1, -0.05) is 6.42 Å². The highest BCUT2D eigenvalue weighted by atomic mass is 16.2. The molecule has 0 amide bonds. The summed E-state index contributed by atoms with van der Waals surface area (Å²) in [6.07, 6.45) is 4.06.